The number of nitrogens with zero attached hydrogens (tertiary/aromatic N) is 1. The van der Waals surface area contributed by atoms with E-state index in [1.165, 1.54) is 28.8 Å². The van der Waals surface area contributed by atoms with E-state index in [2.05, 4.69) is 5.32 Å². The second-order valence-electron chi connectivity index (χ2n) is 6.07. The number of rotatable bonds is 6. The van der Waals surface area contributed by atoms with Gasteiger partial charge in [0.05, 0.1) is 6.26 Å². The average Bonchev–Trinajstić information content (AvgIpc) is 2.52. The van der Waals surface area contributed by atoms with E-state index in [1.54, 1.807) is 13.0 Å². The van der Waals surface area contributed by atoms with Crippen LogP contribution >= 0.6 is 0 Å². The summed E-state index contributed by atoms with van der Waals surface area (Å²) < 4.78 is 42.9. The van der Waals surface area contributed by atoms with Crippen molar-refractivity contribution < 1.29 is 22.3 Å². The number of benzene rings is 1. The second kappa shape index (κ2) is 7.94. The van der Waals surface area contributed by atoms with Gasteiger partial charge in [-0.2, -0.15) is 0 Å². The minimum atomic E-state index is -3.14. The lowest BCUT2D eigenvalue weighted by Gasteiger charge is -2.30. The molecule has 1 aliphatic rings. The number of sulfonamides is 1. The largest absolute Gasteiger partial charge is 0.481 e. The summed E-state index contributed by atoms with van der Waals surface area (Å²) in [6.45, 7) is 3.04. The van der Waals surface area contributed by atoms with E-state index in [0.29, 0.717) is 38.2 Å². The molecule has 0 saturated carbocycles. The number of ether oxygens (including phenoxy) is 1. The lowest BCUT2D eigenvalue weighted by molar-refractivity contribution is -0.127. The van der Waals surface area contributed by atoms with Crippen LogP contribution in [0.15, 0.2) is 24.3 Å². The van der Waals surface area contributed by atoms with Crippen LogP contribution in [-0.4, -0.2) is 50.6 Å². The summed E-state index contributed by atoms with van der Waals surface area (Å²) in [5, 5.41) is 2.81. The molecule has 6 nitrogen and oxygen atoms in total. The highest BCUT2D eigenvalue weighted by atomic mass is 32.2. The first-order valence-electron chi connectivity index (χ1n) is 7.91. The van der Waals surface area contributed by atoms with Gasteiger partial charge in [-0.05, 0) is 37.8 Å². The van der Waals surface area contributed by atoms with Crippen molar-refractivity contribution in [3.05, 3.63) is 30.1 Å². The lowest BCUT2D eigenvalue weighted by atomic mass is 9.98. The van der Waals surface area contributed by atoms with Gasteiger partial charge in [-0.1, -0.05) is 6.07 Å². The third-order valence-electron chi connectivity index (χ3n) is 4.09. The molecule has 1 heterocycles. The van der Waals surface area contributed by atoms with Gasteiger partial charge in [-0.3, -0.25) is 4.79 Å². The zero-order chi connectivity index (χ0) is 17.7. The number of halogens is 1. The summed E-state index contributed by atoms with van der Waals surface area (Å²) in [4.78, 5) is 12.1. The molecular formula is C16H23FN2O4S. The van der Waals surface area contributed by atoms with Gasteiger partial charge in [-0.25, -0.2) is 17.1 Å². The fraction of sp³-hybridized carbons (Fsp3) is 0.562. The number of hydrogen-bond acceptors (Lipinski definition) is 4. The molecule has 0 spiro atoms. The highest BCUT2D eigenvalue weighted by Gasteiger charge is 2.25. The summed E-state index contributed by atoms with van der Waals surface area (Å²) in [5.74, 6) is -0.144. The molecule has 2 rings (SSSR count). The number of carbonyl (C=O) groups is 1. The standard InChI is InChI=1S/C16H23FN2O4S/c1-12(23-15-5-3-4-14(17)10-15)16(20)18-11-13-6-8-19(9-7-13)24(2,21)22/h3-5,10,12-13H,6-9,11H2,1-2H3,(H,18,20). The van der Waals surface area contributed by atoms with Crippen LogP contribution in [0.2, 0.25) is 0 Å². The number of hydrogen-bond donors (Lipinski definition) is 1. The third-order valence-corrected chi connectivity index (χ3v) is 5.39. The van der Waals surface area contributed by atoms with Crippen LogP contribution in [-0.2, 0) is 14.8 Å². The molecule has 134 valence electrons. The Morgan fingerprint density at radius 1 is 1.42 bits per heavy atom. The maximum atomic E-state index is 13.1. The van der Waals surface area contributed by atoms with E-state index in [4.69, 9.17) is 4.74 Å². The SMILES string of the molecule is CC(Oc1cccc(F)c1)C(=O)NCC1CCN(S(C)(=O)=O)CC1. The molecule has 1 amide bonds. The normalized spacial score (nSPS) is 18.1. The molecule has 1 atom stereocenters. The topological polar surface area (TPSA) is 75.7 Å². The predicted octanol–water partition coefficient (Wildman–Crippen LogP) is 1.38. The first kappa shape index (κ1) is 18.7. The van der Waals surface area contributed by atoms with E-state index < -0.39 is 21.9 Å². The smallest absolute Gasteiger partial charge is 0.260 e. The fourth-order valence-corrected chi connectivity index (χ4v) is 3.51. The van der Waals surface area contributed by atoms with Crippen molar-refractivity contribution in [2.24, 2.45) is 5.92 Å². The molecule has 1 aromatic carbocycles. The fourth-order valence-electron chi connectivity index (χ4n) is 2.63. The molecule has 1 fully saturated rings. The maximum Gasteiger partial charge on any atom is 0.260 e. The van der Waals surface area contributed by atoms with Crippen molar-refractivity contribution in [3.8, 4) is 5.75 Å². The molecule has 0 aliphatic carbocycles. The van der Waals surface area contributed by atoms with Gasteiger partial charge in [0.1, 0.15) is 11.6 Å². The summed E-state index contributed by atoms with van der Waals surface area (Å²) in [6.07, 6.45) is 1.90. The Balaban J connectivity index is 1.75. The molecule has 8 heteroatoms. The van der Waals surface area contributed by atoms with Crippen molar-refractivity contribution in [1.82, 2.24) is 9.62 Å². The van der Waals surface area contributed by atoms with Crippen LogP contribution in [0.3, 0.4) is 0 Å². The first-order chi connectivity index (χ1) is 11.3. The van der Waals surface area contributed by atoms with Crippen LogP contribution in [0.25, 0.3) is 0 Å². The minimum absolute atomic E-state index is 0.244. The zero-order valence-corrected chi connectivity index (χ0v) is 14.7. The van der Waals surface area contributed by atoms with Crippen LogP contribution < -0.4 is 10.1 Å². The molecule has 1 saturated heterocycles. The van der Waals surface area contributed by atoms with Crippen molar-refractivity contribution >= 4 is 15.9 Å². The molecule has 0 bridgehead atoms. The Hall–Kier alpha value is -1.67. The van der Waals surface area contributed by atoms with E-state index >= 15 is 0 Å². The Labute approximate surface area is 142 Å². The molecule has 1 unspecified atom stereocenters. The number of piperidine rings is 1. The van der Waals surface area contributed by atoms with E-state index in [-0.39, 0.29) is 11.8 Å². The Kier molecular flexibility index (Phi) is 6.17. The summed E-state index contributed by atoms with van der Waals surface area (Å²) in [6, 6.07) is 5.64. The summed E-state index contributed by atoms with van der Waals surface area (Å²) in [5.41, 5.74) is 0. The number of amides is 1. The van der Waals surface area contributed by atoms with E-state index in [0.717, 1.165) is 0 Å². The van der Waals surface area contributed by atoms with Gasteiger partial charge in [-0.15, -0.1) is 0 Å². The lowest BCUT2D eigenvalue weighted by Crippen LogP contribution is -2.43. The van der Waals surface area contributed by atoms with E-state index in [9.17, 15) is 17.6 Å². The highest BCUT2D eigenvalue weighted by Crippen LogP contribution is 2.18. The average molecular weight is 358 g/mol. The third kappa shape index (κ3) is 5.45. The maximum absolute atomic E-state index is 13.1. The zero-order valence-electron chi connectivity index (χ0n) is 13.9. The molecule has 0 radical (unpaired) electrons. The molecular weight excluding hydrogens is 335 g/mol. The second-order valence-corrected chi connectivity index (χ2v) is 8.05. The van der Waals surface area contributed by atoms with Gasteiger partial charge in [0.15, 0.2) is 6.10 Å². The predicted molar refractivity (Wildman–Crippen MR) is 88.6 cm³/mol. The Bertz CT molecular complexity index is 672. The Morgan fingerprint density at radius 3 is 2.67 bits per heavy atom. The molecule has 1 aliphatic heterocycles. The van der Waals surface area contributed by atoms with E-state index in [1.807, 2.05) is 0 Å². The van der Waals surface area contributed by atoms with Gasteiger partial charge >= 0.3 is 0 Å². The van der Waals surface area contributed by atoms with Gasteiger partial charge in [0.25, 0.3) is 5.91 Å². The highest BCUT2D eigenvalue weighted by molar-refractivity contribution is 7.88. The van der Waals surface area contributed by atoms with Crippen molar-refractivity contribution in [2.45, 2.75) is 25.9 Å². The number of nitrogens with one attached hydrogen (secondary N) is 1. The van der Waals surface area contributed by atoms with Gasteiger partial charge < -0.3 is 10.1 Å². The van der Waals surface area contributed by atoms with Crippen LogP contribution in [0, 0.1) is 11.7 Å². The van der Waals surface area contributed by atoms with Crippen LogP contribution in [0.4, 0.5) is 4.39 Å². The van der Waals surface area contributed by atoms with Crippen LogP contribution in [0.1, 0.15) is 19.8 Å². The van der Waals surface area contributed by atoms with Gasteiger partial charge in [0, 0.05) is 25.7 Å². The molecule has 24 heavy (non-hydrogen) atoms. The molecule has 1 N–H and O–H groups in total. The summed E-state index contributed by atoms with van der Waals surface area (Å²) >= 11 is 0. The molecule has 0 aromatic heterocycles. The van der Waals surface area contributed by atoms with Crippen molar-refractivity contribution in [1.29, 1.82) is 0 Å². The number of carbonyl (C=O) groups excluding carboxylic acids is 1. The van der Waals surface area contributed by atoms with Crippen molar-refractivity contribution in [2.75, 3.05) is 25.9 Å². The van der Waals surface area contributed by atoms with Gasteiger partial charge in [0.2, 0.25) is 10.0 Å². The Morgan fingerprint density at radius 2 is 2.08 bits per heavy atom. The van der Waals surface area contributed by atoms with Crippen molar-refractivity contribution in [3.63, 3.8) is 0 Å². The quantitative estimate of drug-likeness (QED) is 0.834. The monoisotopic (exact) mass is 358 g/mol. The molecule has 1 aromatic rings. The first-order valence-corrected chi connectivity index (χ1v) is 9.75. The minimum Gasteiger partial charge on any atom is -0.481 e. The summed E-state index contributed by atoms with van der Waals surface area (Å²) in [7, 11) is -3.14. The van der Waals surface area contributed by atoms with Crippen LogP contribution in [0.5, 0.6) is 5.75 Å².